The molecular weight excluding hydrogens is 184 g/mol. The fraction of sp³-hybridized carbons (Fsp3) is 1.00. The number of rotatable bonds is 9. The second kappa shape index (κ2) is 9.17. The van der Waals surface area contributed by atoms with Crippen molar-refractivity contribution in [1.29, 1.82) is 0 Å². The van der Waals surface area contributed by atoms with Crippen molar-refractivity contribution in [2.75, 3.05) is 20.1 Å². The van der Waals surface area contributed by atoms with E-state index in [4.69, 9.17) is 0 Å². The molecule has 0 bridgehead atoms. The molecule has 0 aromatic heterocycles. The van der Waals surface area contributed by atoms with Crippen LogP contribution in [0.2, 0.25) is 0 Å². The van der Waals surface area contributed by atoms with Crippen molar-refractivity contribution in [1.82, 2.24) is 10.2 Å². The number of likely N-dealkylation sites (N-methyl/N-ethyl adjacent to an activating group) is 1. The van der Waals surface area contributed by atoms with Gasteiger partial charge < -0.3 is 10.2 Å². The highest BCUT2D eigenvalue weighted by Gasteiger charge is 2.11. The topological polar surface area (TPSA) is 15.3 Å². The highest BCUT2D eigenvalue weighted by atomic mass is 15.1. The van der Waals surface area contributed by atoms with E-state index in [0.717, 1.165) is 6.54 Å². The third-order valence-electron chi connectivity index (χ3n) is 2.97. The van der Waals surface area contributed by atoms with E-state index < -0.39 is 0 Å². The minimum absolute atomic E-state index is 0.600. The monoisotopic (exact) mass is 214 g/mol. The van der Waals surface area contributed by atoms with Crippen molar-refractivity contribution in [3.05, 3.63) is 0 Å². The Labute approximate surface area is 96.4 Å². The molecule has 0 saturated heterocycles. The molecule has 0 aliphatic heterocycles. The van der Waals surface area contributed by atoms with Gasteiger partial charge in [0.25, 0.3) is 0 Å². The molecular formula is C13H30N2. The molecule has 0 aromatic rings. The lowest BCUT2D eigenvalue weighted by atomic mass is 10.1. The summed E-state index contributed by atoms with van der Waals surface area (Å²) in [5.74, 6) is 0. The molecule has 0 fully saturated rings. The Morgan fingerprint density at radius 2 is 1.80 bits per heavy atom. The zero-order chi connectivity index (χ0) is 11.7. The lowest BCUT2D eigenvalue weighted by molar-refractivity contribution is 0.222. The molecule has 2 heteroatoms. The minimum atomic E-state index is 0.600. The van der Waals surface area contributed by atoms with Crippen LogP contribution in [-0.4, -0.2) is 37.1 Å². The summed E-state index contributed by atoms with van der Waals surface area (Å²) in [4.78, 5) is 2.50. The van der Waals surface area contributed by atoms with Gasteiger partial charge in [0, 0.05) is 18.6 Å². The lowest BCUT2D eigenvalue weighted by Gasteiger charge is -2.28. The van der Waals surface area contributed by atoms with Crippen molar-refractivity contribution in [2.45, 2.75) is 65.5 Å². The maximum atomic E-state index is 3.53. The number of hydrogen-bond donors (Lipinski definition) is 1. The van der Waals surface area contributed by atoms with Crippen molar-refractivity contribution in [3.8, 4) is 0 Å². The molecule has 15 heavy (non-hydrogen) atoms. The molecule has 0 radical (unpaired) electrons. The molecule has 92 valence electrons. The summed E-state index contributed by atoms with van der Waals surface area (Å²) in [6.07, 6.45) is 5.25. The number of nitrogens with zero attached hydrogens (tertiary/aromatic N) is 1. The summed E-state index contributed by atoms with van der Waals surface area (Å²) in [6.45, 7) is 11.3. The van der Waals surface area contributed by atoms with Crippen LogP contribution in [0.1, 0.15) is 53.4 Å². The fourth-order valence-electron chi connectivity index (χ4n) is 1.78. The van der Waals surface area contributed by atoms with Gasteiger partial charge in [-0.1, -0.05) is 40.5 Å². The van der Waals surface area contributed by atoms with E-state index in [1.807, 2.05) is 0 Å². The zero-order valence-corrected chi connectivity index (χ0v) is 11.3. The maximum Gasteiger partial charge on any atom is 0.0215 e. The third kappa shape index (κ3) is 7.80. The molecule has 0 aliphatic carbocycles. The maximum absolute atomic E-state index is 3.53. The van der Waals surface area contributed by atoms with Crippen LogP contribution in [0.25, 0.3) is 0 Å². The van der Waals surface area contributed by atoms with Gasteiger partial charge in [0.15, 0.2) is 0 Å². The van der Waals surface area contributed by atoms with Gasteiger partial charge in [-0.05, 0) is 26.4 Å². The molecule has 1 N–H and O–H groups in total. The minimum Gasteiger partial charge on any atom is -0.313 e. The van der Waals surface area contributed by atoms with E-state index in [0.29, 0.717) is 12.1 Å². The highest BCUT2D eigenvalue weighted by molar-refractivity contribution is 4.71. The summed E-state index contributed by atoms with van der Waals surface area (Å²) in [7, 11) is 2.26. The zero-order valence-electron chi connectivity index (χ0n) is 11.3. The molecule has 1 unspecified atom stereocenters. The third-order valence-corrected chi connectivity index (χ3v) is 2.97. The van der Waals surface area contributed by atoms with Gasteiger partial charge >= 0.3 is 0 Å². The van der Waals surface area contributed by atoms with Crippen LogP contribution in [-0.2, 0) is 0 Å². The molecule has 0 saturated carbocycles. The van der Waals surface area contributed by atoms with Crippen LogP contribution >= 0.6 is 0 Å². The first-order chi connectivity index (χ1) is 7.11. The SMILES string of the molecule is CCCCCN(C)C(CC)CNC(C)C. The van der Waals surface area contributed by atoms with E-state index >= 15 is 0 Å². The average Bonchev–Trinajstić information content (AvgIpc) is 2.18. The first-order valence-electron chi connectivity index (χ1n) is 6.55. The first kappa shape index (κ1) is 14.9. The van der Waals surface area contributed by atoms with Gasteiger partial charge in [-0.3, -0.25) is 0 Å². The van der Waals surface area contributed by atoms with E-state index in [2.05, 4.69) is 45.0 Å². The molecule has 0 spiro atoms. The first-order valence-corrected chi connectivity index (χ1v) is 6.55. The predicted octanol–water partition coefficient (Wildman–Crippen LogP) is 2.89. The predicted molar refractivity (Wildman–Crippen MR) is 69.4 cm³/mol. The Kier molecular flexibility index (Phi) is 9.12. The molecule has 0 aromatic carbocycles. The van der Waals surface area contributed by atoms with Crippen molar-refractivity contribution >= 4 is 0 Å². The second-order valence-corrected chi connectivity index (χ2v) is 4.81. The lowest BCUT2D eigenvalue weighted by Crippen LogP contribution is -2.42. The van der Waals surface area contributed by atoms with Crippen molar-refractivity contribution in [3.63, 3.8) is 0 Å². The average molecular weight is 214 g/mol. The Bertz CT molecular complexity index is 134. The van der Waals surface area contributed by atoms with Crippen LogP contribution < -0.4 is 5.32 Å². The number of hydrogen-bond acceptors (Lipinski definition) is 2. The fourth-order valence-corrected chi connectivity index (χ4v) is 1.78. The van der Waals surface area contributed by atoms with E-state index in [-0.39, 0.29) is 0 Å². The largest absolute Gasteiger partial charge is 0.313 e. The standard InChI is InChI=1S/C13H30N2/c1-6-8-9-10-15(5)13(7-2)11-14-12(3)4/h12-14H,6-11H2,1-5H3. The van der Waals surface area contributed by atoms with Crippen LogP contribution in [0.15, 0.2) is 0 Å². The van der Waals surface area contributed by atoms with Crippen LogP contribution in [0.5, 0.6) is 0 Å². The van der Waals surface area contributed by atoms with Crippen LogP contribution in [0, 0.1) is 0 Å². The molecule has 0 heterocycles. The Balaban J connectivity index is 3.72. The van der Waals surface area contributed by atoms with E-state index in [1.165, 1.54) is 32.2 Å². The smallest absolute Gasteiger partial charge is 0.0215 e. The summed E-state index contributed by atoms with van der Waals surface area (Å²) < 4.78 is 0. The van der Waals surface area contributed by atoms with Crippen molar-refractivity contribution < 1.29 is 0 Å². The van der Waals surface area contributed by atoms with Gasteiger partial charge in [-0.2, -0.15) is 0 Å². The Hall–Kier alpha value is -0.0800. The summed E-state index contributed by atoms with van der Waals surface area (Å²) in [5.41, 5.74) is 0. The molecule has 1 atom stereocenters. The van der Waals surface area contributed by atoms with E-state index in [9.17, 15) is 0 Å². The molecule has 0 aliphatic rings. The Morgan fingerprint density at radius 1 is 1.13 bits per heavy atom. The second-order valence-electron chi connectivity index (χ2n) is 4.81. The molecule has 0 rings (SSSR count). The molecule has 2 nitrogen and oxygen atoms in total. The Morgan fingerprint density at radius 3 is 2.27 bits per heavy atom. The normalized spacial score (nSPS) is 13.8. The van der Waals surface area contributed by atoms with Gasteiger partial charge in [-0.15, -0.1) is 0 Å². The summed E-state index contributed by atoms with van der Waals surface area (Å²) >= 11 is 0. The van der Waals surface area contributed by atoms with Crippen LogP contribution in [0.3, 0.4) is 0 Å². The van der Waals surface area contributed by atoms with Gasteiger partial charge in [-0.25, -0.2) is 0 Å². The number of nitrogens with one attached hydrogen (secondary N) is 1. The van der Waals surface area contributed by atoms with Crippen LogP contribution in [0.4, 0.5) is 0 Å². The van der Waals surface area contributed by atoms with Gasteiger partial charge in [0.2, 0.25) is 0 Å². The van der Waals surface area contributed by atoms with E-state index in [1.54, 1.807) is 0 Å². The van der Waals surface area contributed by atoms with Crippen molar-refractivity contribution in [2.24, 2.45) is 0 Å². The van der Waals surface area contributed by atoms with Gasteiger partial charge in [0.05, 0.1) is 0 Å². The van der Waals surface area contributed by atoms with Gasteiger partial charge in [0.1, 0.15) is 0 Å². The summed E-state index contributed by atoms with van der Waals surface area (Å²) in [6, 6.07) is 1.30. The highest BCUT2D eigenvalue weighted by Crippen LogP contribution is 2.04. The summed E-state index contributed by atoms with van der Waals surface area (Å²) in [5, 5.41) is 3.53. The number of unbranched alkanes of at least 4 members (excludes halogenated alkanes) is 2. The molecule has 0 amide bonds. The quantitative estimate of drug-likeness (QED) is 0.594.